The van der Waals surface area contributed by atoms with E-state index in [1.165, 1.54) is 11.8 Å². The van der Waals surface area contributed by atoms with E-state index >= 15 is 0 Å². The zero-order valence-electron chi connectivity index (χ0n) is 21.0. The van der Waals surface area contributed by atoms with Crippen LogP contribution in [0.3, 0.4) is 0 Å². The molecular formula is C22H47N2O2PS2. The summed E-state index contributed by atoms with van der Waals surface area (Å²) < 4.78 is 11.2. The van der Waals surface area contributed by atoms with E-state index in [0.29, 0.717) is 30.8 Å². The zero-order chi connectivity index (χ0) is 22.9. The Labute approximate surface area is 191 Å². The summed E-state index contributed by atoms with van der Waals surface area (Å²) in [6.45, 7) is 27.8. The Balaban J connectivity index is 4.93. The van der Waals surface area contributed by atoms with Crippen LogP contribution in [-0.2, 0) is 9.53 Å². The maximum atomic E-state index is 12.0. The second-order valence-corrected chi connectivity index (χ2v) is 15.2. The molecule has 0 aromatic heterocycles. The van der Waals surface area contributed by atoms with Gasteiger partial charge in [0.15, 0.2) is 5.12 Å². The fraction of sp³-hybridized carbons (Fsp3) is 0.955. The Morgan fingerprint density at radius 2 is 1.28 bits per heavy atom. The van der Waals surface area contributed by atoms with Crippen molar-refractivity contribution < 1.29 is 9.53 Å². The van der Waals surface area contributed by atoms with Gasteiger partial charge in [-0.2, -0.15) is 0 Å². The molecule has 0 aromatic carbocycles. The lowest BCUT2D eigenvalue weighted by molar-refractivity contribution is -0.113. The molecule has 4 nitrogen and oxygen atoms in total. The summed E-state index contributed by atoms with van der Waals surface area (Å²) in [6.07, 6.45) is 0. The number of thioether (sulfide) groups is 1. The first-order chi connectivity index (χ1) is 13.2. The normalized spacial score (nSPS) is 13.5. The Hall–Kier alpha value is 0.680. The van der Waals surface area contributed by atoms with Gasteiger partial charge in [-0.3, -0.25) is 14.1 Å². The maximum Gasteiger partial charge on any atom is 0.192 e. The van der Waals surface area contributed by atoms with Crippen molar-refractivity contribution in [2.45, 2.75) is 112 Å². The number of ether oxygens (including phenoxy) is 1. The second kappa shape index (κ2) is 14.0. The average molecular weight is 467 g/mol. The van der Waals surface area contributed by atoms with Gasteiger partial charge in [0.1, 0.15) is 7.42 Å². The molecule has 0 saturated carbocycles. The predicted molar refractivity (Wildman–Crippen MR) is 136 cm³/mol. The first-order valence-corrected chi connectivity index (χ1v) is 14.7. The SMILES string of the molecule is CC(C)C(=O)SC(C)(C)COCCSP(N(C(C)C)C(C)C)N(C(C)C)C(C)C. The van der Waals surface area contributed by atoms with Gasteiger partial charge in [-0.05, 0) is 69.2 Å². The highest BCUT2D eigenvalue weighted by molar-refractivity contribution is 8.54. The highest BCUT2D eigenvalue weighted by Crippen LogP contribution is 2.59. The van der Waals surface area contributed by atoms with E-state index in [4.69, 9.17) is 4.74 Å². The largest absolute Gasteiger partial charge is 0.379 e. The molecule has 0 bridgehead atoms. The summed E-state index contributed by atoms with van der Waals surface area (Å²) in [7, 11) is -0.469. The van der Waals surface area contributed by atoms with Crippen molar-refractivity contribution in [1.82, 2.24) is 9.34 Å². The number of hydrogen-bond acceptors (Lipinski definition) is 6. The summed E-state index contributed by atoms with van der Waals surface area (Å²) in [5.74, 6) is 1.03. The predicted octanol–water partition coefficient (Wildman–Crippen LogP) is 6.90. The Morgan fingerprint density at radius 3 is 1.62 bits per heavy atom. The van der Waals surface area contributed by atoms with Gasteiger partial charge in [-0.25, -0.2) is 0 Å². The van der Waals surface area contributed by atoms with Gasteiger partial charge < -0.3 is 4.74 Å². The average Bonchev–Trinajstić information content (AvgIpc) is 2.52. The van der Waals surface area contributed by atoms with Gasteiger partial charge >= 0.3 is 0 Å². The van der Waals surface area contributed by atoms with E-state index in [1.807, 2.05) is 25.2 Å². The second-order valence-electron chi connectivity index (χ2n) is 9.61. The molecule has 0 aliphatic carbocycles. The van der Waals surface area contributed by atoms with E-state index in [1.54, 1.807) is 0 Å². The molecule has 0 spiro atoms. The topological polar surface area (TPSA) is 32.8 Å². The van der Waals surface area contributed by atoms with Crippen molar-refractivity contribution in [1.29, 1.82) is 0 Å². The van der Waals surface area contributed by atoms with Crippen molar-refractivity contribution in [2.75, 3.05) is 19.0 Å². The molecule has 0 radical (unpaired) electrons. The Bertz CT molecular complexity index is 436. The maximum absolute atomic E-state index is 12.0. The Morgan fingerprint density at radius 1 is 0.862 bits per heavy atom. The van der Waals surface area contributed by atoms with Gasteiger partial charge in [0.05, 0.1) is 13.2 Å². The highest BCUT2D eigenvalue weighted by atomic mass is 32.7. The van der Waals surface area contributed by atoms with Gasteiger partial charge in [0.25, 0.3) is 0 Å². The number of hydrogen-bond donors (Lipinski definition) is 0. The van der Waals surface area contributed by atoms with Gasteiger partial charge in [0, 0.05) is 40.6 Å². The third-order valence-electron chi connectivity index (χ3n) is 4.24. The first-order valence-electron chi connectivity index (χ1n) is 11.0. The van der Waals surface area contributed by atoms with E-state index in [-0.39, 0.29) is 15.8 Å². The number of carbonyl (C=O) groups excluding carboxylic acids is 1. The molecular weight excluding hydrogens is 419 g/mol. The van der Waals surface area contributed by atoms with Crippen LogP contribution in [0, 0.1) is 5.92 Å². The third-order valence-corrected chi connectivity index (χ3v) is 11.2. The van der Waals surface area contributed by atoms with Crippen molar-refractivity contribution in [3.05, 3.63) is 0 Å². The van der Waals surface area contributed by atoms with E-state index in [0.717, 1.165) is 12.4 Å². The lowest BCUT2D eigenvalue weighted by Crippen LogP contribution is -2.41. The van der Waals surface area contributed by atoms with Crippen LogP contribution < -0.4 is 0 Å². The molecule has 0 atom stereocenters. The number of rotatable bonds is 14. The van der Waals surface area contributed by atoms with Crippen LogP contribution >= 0.6 is 30.6 Å². The first kappa shape index (κ1) is 29.7. The van der Waals surface area contributed by atoms with Gasteiger partial charge in [-0.15, -0.1) is 0 Å². The van der Waals surface area contributed by atoms with Crippen molar-refractivity contribution in [2.24, 2.45) is 5.92 Å². The van der Waals surface area contributed by atoms with Crippen molar-refractivity contribution in [3.8, 4) is 0 Å². The smallest absolute Gasteiger partial charge is 0.192 e. The summed E-state index contributed by atoms with van der Waals surface area (Å²) in [5, 5.41) is 0.241. The lowest BCUT2D eigenvalue weighted by Gasteiger charge is -2.46. The minimum atomic E-state index is -0.469. The quantitative estimate of drug-likeness (QED) is 0.205. The molecule has 0 fully saturated rings. The molecule has 0 amide bonds. The molecule has 0 aliphatic heterocycles. The van der Waals surface area contributed by atoms with Crippen LogP contribution in [0.4, 0.5) is 0 Å². The fourth-order valence-corrected chi connectivity index (χ4v) is 10.3. The minimum absolute atomic E-state index is 0.0643. The fourth-order valence-electron chi connectivity index (χ4n) is 3.15. The molecule has 0 aromatic rings. The zero-order valence-corrected chi connectivity index (χ0v) is 23.5. The molecule has 0 heterocycles. The molecule has 0 N–H and O–H groups in total. The molecule has 0 rings (SSSR count). The van der Waals surface area contributed by atoms with Crippen LogP contribution in [0.15, 0.2) is 0 Å². The molecule has 0 unspecified atom stereocenters. The summed E-state index contributed by atoms with van der Waals surface area (Å²) >= 11 is 3.46. The molecule has 29 heavy (non-hydrogen) atoms. The summed E-state index contributed by atoms with van der Waals surface area (Å²) in [5.41, 5.74) is 0. The highest BCUT2D eigenvalue weighted by Gasteiger charge is 2.33. The lowest BCUT2D eigenvalue weighted by atomic mass is 10.2. The van der Waals surface area contributed by atoms with E-state index in [2.05, 4.69) is 78.6 Å². The summed E-state index contributed by atoms with van der Waals surface area (Å²) in [4.78, 5) is 12.0. The van der Waals surface area contributed by atoms with Crippen LogP contribution in [-0.4, -0.2) is 62.3 Å². The van der Waals surface area contributed by atoms with E-state index in [9.17, 15) is 4.79 Å². The minimum Gasteiger partial charge on any atom is -0.379 e. The number of nitrogens with zero attached hydrogens (tertiary/aromatic N) is 2. The molecule has 0 aliphatic rings. The molecule has 0 saturated heterocycles. The van der Waals surface area contributed by atoms with E-state index < -0.39 is 7.42 Å². The monoisotopic (exact) mass is 466 g/mol. The van der Waals surface area contributed by atoms with Crippen LogP contribution in [0.2, 0.25) is 0 Å². The van der Waals surface area contributed by atoms with Crippen molar-refractivity contribution in [3.63, 3.8) is 0 Å². The van der Waals surface area contributed by atoms with Gasteiger partial charge in [-0.1, -0.05) is 37.0 Å². The third kappa shape index (κ3) is 11.2. The molecule has 7 heteroatoms. The summed E-state index contributed by atoms with van der Waals surface area (Å²) in [6, 6.07) is 2.03. The molecule has 174 valence electrons. The van der Waals surface area contributed by atoms with Crippen LogP contribution in [0.25, 0.3) is 0 Å². The van der Waals surface area contributed by atoms with Crippen LogP contribution in [0.1, 0.15) is 83.1 Å². The number of carbonyl (C=O) groups is 1. The Kier molecular flexibility index (Phi) is 14.3. The van der Waals surface area contributed by atoms with Crippen molar-refractivity contribution >= 4 is 35.7 Å². The standard InChI is InChI=1S/C22H47N2O2PS2/c1-16(2)21(25)29-22(11,12)15-26-13-14-28-27(23(17(3)4)18(5)6)24(19(7)8)20(9)10/h16-20H,13-15H2,1-12H3. The van der Waals surface area contributed by atoms with Gasteiger partial charge in [0.2, 0.25) is 0 Å². The van der Waals surface area contributed by atoms with Crippen LogP contribution in [0.5, 0.6) is 0 Å².